The molecule has 1 saturated heterocycles. The maximum Gasteiger partial charge on any atom is 0.271 e. The zero-order chi connectivity index (χ0) is 14.1. The van der Waals surface area contributed by atoms with Crippen LogP contribution in [-0.4, -0.2) is 53.3 Å². The third kappa shape index (κ3) is 2.68. The summed E-state index contributed by atoms with van der Waals surface area (Å²) in [5.74, 6) is 0.645. The van der Waals surface area contributed by atoms with Gasteiger partial charge < -0.3 is 15.2 Å². The molecule has 1 aromatic carbocycles. The summed E-state index contributed by atoms with van der Waals surface area (Å²) in [6.45, 7) is 2.93. The van der Waals surface area contributed by atoms with Crippen molar-refractivity contribution in [2.24, 2.45) is 0 Å². The van der Waals surface area contributed by atoms with Crippen LogP contribution in [0.1, 0.15) is 6.42 Å². The maximum absolute atomic E-state index is 10.7. The molecule has 2 aliphatic heterocycles. The summed E-state index contributed by atoms with van der Waals surface area (Å²) in [7, 11) is 0. The summed E-state index contributed by atoms with van der Waals surface area (Å²) in [5.41, 5.74) is 0.720. The van der Waals surface area contributed by atoms with Crippen LogP contribution in [0.4, 0.5) is 11.4 Å². The average Bonchev–Trinajstić information content (AvgIpc) is 2.83. The molecule has 3 rings (SSSR count). The number of aliphatic hydroxyl groups excluding tert-OH is 1. The van der Waals surface area contributed by atoms with Crippen molar-refractivity contribution in [2.75, 3.05) is 31.5 Å². The largest absolute Gasteiger partial charge is 0.485 e. The zero-order valence-electron chi connectivity index (χ0n) is 11.0. The average molecular weight is 279 g/mol. The minimum atomic E-state index is -0.417. The van der Waals surface area contributed by atoms with Gasteiger partial charge in [-0.3, -0.25) is 15.0 Å². The summed E-state index contributed by atoms with van der Waals surface area (Å²) < 4.78 is 5.86. The molecule has 0 aliphatic carbocycles. The number of likely N-dealkylation sites (tertiary alicyclic amines) is 1. The first-order valence-corrected chi connectivity index (χ1v) is 6.71. The van der Waals surface area contributed by atoms with Gasteiger partial charge in [-0.25, -0.2) is 0 Å². The highest BCUT2D eigenvalue weighted by atomic mass is 16.6. The number of nitrogens with zero attached hydrogens (tertiary/aromatic N) is 2. The lowest BCUT2D eigenvalue weighted by atomic mass is 10.2. The van der Waals surface area contributed by atoms with Gasteiger partial charge in [0.2, 0.25) is 0 Å². The van der Waals surface area contributed by atoms with E-state index in [2.05, 4.69) is 10.2 Å². The molecule has 0 saturated carbocycles. The molecule has 2 N–H and O–H groups in total. The standard InChI is InChI=1S/C13H17N3O4/c17-10-3-4-15(7-10)8-11-6-14-12-5-9(16(18)19)1-2-13(12)20-11/h1-2,5,10-11,14,17H,3-4,6-8H2/t10-,11?/m0/s1. The highest BCUT2D eigenvalue weighted by Crippen LogP contribution is 2.32. The molecule has 0 spiro atoms. The molecule has 0 aromatic heterocycles. The van der Waals surface area contributed by atoms with Crippen LogP contribution in [0, 0.1) is 10.1 Å². The summed E-state index contributed by atoms with van der Waals surface area (Å²) in [6, 6.07) is 4.57. The van der Waals surface area contributed by atoms with Crippen LogP contribution in [-0.2, 0) is 0 Å². The first kappa shape index (κ1) is 13.1. The summed E-state index contributed by atoms with van der Waals surface area (Å²) in [4.78, 5) is 12.5. The fraction of sp³-hybridized carbons (Fsp3) is 0.538. The molecular weight excluding hydrogens is 262 g/mol. The molecule has 1 fully saturated rings. The van der Waals surface area contributed by atoms with Crippen LogP contribution < -0.4 is 10.1 Å². The maximum atomic E-state index is 10.7. The van der Waals surface area contributed by atoms with Crippen LogP contribution >= 0.6 is 0 Å². The second-order valence-electron chi connectivity index (χ2n) is 5.26. The Balaban J connectivity index is 1.65. The molecule has 20 heavy (non-hydrogen) atoms. The summed E-state index contributed by atoms with van der Waals surface area (Å²) >= 11 is 0. The Hall–Kier alpha value is -1.86. The van der Waals surface area contributed by atoms with E-state index >= 15 is 0 Å². The number of β-amino-alcohol motifs (C(OH)–C–C–N with tert-alkyl or cyclic N) is 1. The molecule has 2 heterocycles. The molecule has 1 aromatic rings. The second kappa shape index (κ2) is 5.26. The van der Waals surface area contributed by atoms with Gasteiger partial charge in [0.05, 0.1) is 23.3 Å². The van der Waals surface area contributed by atoms with E-state index in [9.17, 15) is 15.2 Å². The fourth-order valence-electron chi connectivity index (χ4n) is 2.69. The van der Waals surface area contributed by atoms with E-state index in [0.717, 1.165) is 19.5 Å². The van der Waals surface area contributed by atoms with Gasteiger partial charge in [-0.15, -0.1) is 0 Å². The van der Waals surface area contributed by atoms with Gasteiger partial charge in [0, 0.05) is 31.8 Å². The molecule has 7 nitrogen and oxygen atoms in total. The molecule has 0 amide bonds. The number of aliphatic hydroxyl groups is 1. The highest BCUT2D eigenvalue weighted by Gasteiger charge is 2.27. The number of nitrogens with one attached hydrogen (secondary N) is 1. The molecule has 2 aliphatic rings. The first-order chi connectivity index (χ1) is 9.61. The van der Waals surface area contributed by atoms with Gasteiger partial charge in [-0.1, -0.05) is 0 Å². The van der Waals surface area contributed by atoms with Gasteiger partial charge in [-0.2, -0.15) is 0 Å². The minimum Gasteiger partial charge on any atom is -0.485 e. The Morgan fingerprint density at radius 3 is 3.10 bits per heavy atom. The van der Waals surface area contributed by atoms with Gasteiger partial charge in [0.1, 0.15) is 11.9 Å². The van der Waals surface area contributed by atoms with Crippen molar-refractivity contribution in [3.05, 3.63) is 28.3 Å². The van der Waals surface area contributed by atoms with E-state index in [1.807, 2.05) is 0 Å². The molecule has 108 valence electrons. The van der Waals surface area contributed by atoms with Crippen LogP contribution in [0.5, 0.6) is 5.75 Å². The van der Waals surface area contributed by atoms with Crippen molar-refractivity contribution >= 4 is 11.4 Å². The van der Waals surface area contributed by atoms with Crippen molar-refractivity contribution in [3.63, 3.8) is 0 Å². The lowest BCUT2D eigenvalue weighted by Crippen LogP contribution is -2.41. The third-order valence-corrected chi connectivity index (χ3v) is 3.70. The lowest BCUT2D eigenvalue weighted by Gasteiger charge is -2.30. The number of anilines is 1. The summed E-state index contributed by atoms with van der Waals surface area (Å²) in [5, 5.41) is 23.4. The predicted octanol–water partition coefficient (Wildman–Crippen LogP) is 0.834. The molecule has 7 heteroatoms. The number of rotatable bonds is 3. The fourth-order valence-corrected chi connectivity index (χ4v) is 2.69. The number of fused-ring (bicyclic) bond motifs is 1. The monoisotopic (exact) mass is 279 g/mol. The number of benzene rings is 1. The molecule has 0 radical (unpaired) electrons. The van der Waals surface area contributed by atoms with Crippen molar-refractivity contribution in [1.82, 2.24) is 4.90 Å². The normalized spacial score (nSPS) is 25.6. The minimum absolute atomic E-state index is 0.00532. The van der Waals surface area contributed by atoms with E-state index < -0.39 is 4.92 Å². The van der Waals surface area contributed by atoms with Crippen LogP contribution in [0.25, 0.3) is 0 Å². The van der Waals surface area contributed by atoms with Crippen molar-refractivity contribution in [2.45, 2.75) is 18.6 Å². The van der Waals surface area contributed by atoms with E-state index in [1.165, 1.54) is 12.1 Å². The van der Waals surface area contributed by atoms with Crippen molar-refractivity contribution < 1.29 is 14.8 Å². The van der Waals surface area contributed by atoms with Gasteiger partial charge in [-0.05, 0) is 12.5 Å². The Morgan fingerprint density at radius 1 is 1.55 bits per heavy atom. The van der Waals surface area contributed by atoms with Gasteiger partial charge >= 0.3 is 0 Å². The van der Waals surface area contributed by atoms with E-state index in [0.29, 0.717) is 24.5 Å². The van der Waals surface area contributed by atoms with Crippen molar-refractivity contribution in [1.29, 1.82) is 0 Å². The van der Waals surface area contributed by atoms with E-state index in [1.54, 1.807) is 6.07 Å². The highest BCUT2D eigenvalue weighted by molar-refractivity contribution is 5.62. The number of ether oxygens (including phenoxy) is 1. The van der Waals surface area contributed by atoms with E-state index in [4.69, 9.17) is 4.74 Å². The van der Waals surface area contributed by atoms with E-state index in [-0.39, 0.29) is 17.9 Å². The SMILES string of the molecule is O=[N+]([O-])c1ccc2c(c1)NCC(CN1CC[C@H](O)C1)O2. The molecule has 2 atom stereocenters. The number of nitro groups is 1. The molecular formula is C13H17N3O4. The molecule has 0 bridgehead atoms. The number of hydrogen-bond donors (Lipinski definition) is 2. The smallest absolute Gasteiger partial charge is 0.271 e. The summed E-state index contributed by atoms with van der Waals surface area (Å²) in [6.07, 6.45) is 0.568. The van der Waals surface area contributed by atoms with Gasteiger partial charge in [0.25, 0.3) is 5.69 Å². The Bertz CT molecular complexity index is 522. The molecule has 1 unspecified atom stereocenters. The van der Waals surface area contributed by atoms with Crippen LogP contribution in [0.2, 0.25) is 0 Å². The van der Waals surface area contributed by atoms with Crippen LogP contribution in [0.15, 0.2) is 18.2 Å². The van der Waals surface area contributed by atoms with Gasteiger partial charge in [0.15, 0.2) is 0 Å². The van der Waals surface area contributed by atoms with Crippen molar-refractivity contribution in [3.8, 4) is 5.75 Å². The number of nitro benzene ring substituents is 1. The third-order valence-electron chi connectivity index (χ3n) is 3.70. The zero-order valence-corrected chi connectivity index (χ0v) is 11.0. The predicted molar refractivity (Wildman–Crippen MR) is 73.1 cm³/mol. The lowest BCUT2D eigenvalue weighted by molar-refractivity contribution is -0.384. The number of non-ortho nitro benzene ring substituents is 1. The Morgan fingerprint density at radius 2 is 2.40 bits per heavy atom. The Kier molecular flexibility index (Phi) is 3.45. The van der Waals surface area contributed by atoms with Crippen LogP contribution in [0.3, 0.4) is 0 Å². The quantitative estimate of drug-likeness (QED) is 0.629. The second-order valence-corrected chi connectivity index (χ2v) is 5.26. The number of hydrogen-bond acceptors (Lipinski definition) is 6. The Labute approximate surface area is 116 Å². The first-order valence-electron chi connectivity index (χ1n) is 6.71. The topological polar surface area (TPSA) is 87.9 Å².